The van der Waals surface area contributed by atoms with Gasteiger partial charge in [-0.3, -0.25) is 4.98 Å². The molecule has 10 aromatic rings. The lowest BCUT2D eigenvalue weighted by Crippen LogP contribution is -2.04. The standard InChI is InChI=1S/C46H32N2O2/c1-2-11-27(12-3-1)30-19-9-21-36-37-23-24-40-41(46(37)50-44(30)36)38-22-10-20-31(45(38)49-40)28-13-8-14-29(25-28)39-26-47-42-34-17-6-4-15-32(34)33-16-5-7-18-35(33)43(42)48-39/h4-10,13-27H,1-3,11-12H2. The van der Waals surface area contributed by atoms with Crippen molar-refractivity contribution in [1.29, 1.82) is 0 Å². The Morgan fingerprint density at radius 3 is 2.02 bits per heavy atom. The second-order valence-corrected chi connectivity index (χ2v) is 13.9. The van der Waals surface area contributed by atoms with Crippen LogP contribution in [0.4, 0.5) is 0 Å². The highest BCUT2D eigenvalue weighted by molar-refractivity contribution is 6.24. The number of furan rings is 2. The van der Waals surface area contributed by atoms with Crippen molar-refractivity contribution in [3.63, 3.8) is 0 Å². The monoisotopic (exact) mass is 644 g/mol. The molecular weight excluding hydrogens is 613 g/mol. The minimum atomic E-state index is 0.564. The largest absolute Gasteiger partial charge is 0.455 e. The lowest BCUT2D eigenvalue weighted by Gasteiger charge is -2.21. The molecular formula is C46H32N2O2. The highest BCUT2D eigenvalue weighted by Crippen LogP contribution is 2.45. The van der Waals surface area contributed by atoms with Gasteiger partial charge in [-0.2, -0.15) is 0 Å². The van der Waals surface area contributed by atoms with Crippen molar-refractivity contribution in [2.24, 2.45) is 0 Å². The van der Waals surface area contributed by atoms with E-state index in [2.05, 4.69) is 121 Å². The number of nitrogens with zero attached hydrogens (tertiary/aromatic N) is 2. The topological polar surface area (TPSA) is 52.1 Å². The van der Waals surface area contributed by atoms with Crippen molar-refractivity contribution >= 4 is 76.5 Å². The predicted octanol–water partition coefficient (Wildman–Crippen LogP) is 13.1. The van der Waals surface area contributed by atoms with E-state index in [0.29, 0.717) is 5.92 Å². The molecule has 11 rings (SSSR count). The molecule has 4 nitrogen and oxygen atoms in total. The zero-order valence-electron chi connectivity index (χ0n) is 27.4. The van der Waals surface area contributed by atoms with Gasteiger partial charge in [0.2, 0.25) is 0 Å². The number of fused-ring (bicyclic) bond motifs is 13. The van der Waals surface area contributed by atoms with Crippen LogP contribution in [0.25, 0.3) is 98.8 Å². The SMILES string of the molecule is c1cc(-c2cnc3c4ccccc4c4ccccc4c3n2)cc(-c2cccc3c2oc2ccc4c5cccc(C6CCCCC6)c5oc4c23)c1. The van der Waals surface area contributed by atoms with E-state index in [0.717, 1.165) is 82.7 Å². The first-order valence-corrected chi connectivity index (χ1v) is 17.8. The van der Waals surface area contributed by atoms with Crippen LogP contribution >= 0.6 is 0 Å². The van der Waals surface area contributed by atoms with Gasteiger partial charge in [-0.25, -0.2) is 4.98 Å². The molecule has 1 aliphatic rings. The fraction of sp³-hybridized carbons (Fsp3) is 0.130. The first-order chi connectivity index (χ1) is 24.8. The molecule has 1 fully saturated rings. The molecule has 0 amide bonds. The van der Waals surface area contributed by atoms with Gasteiger partial charge in [0.15, 0.2) is 0 Å². The number of rotatable bonds is 3. The van der Waals surface area contributed by atoms with Crippen LogP contribution in [0.5, 0.6) is 0 Å². The number of benzene rings is 7. The van der Waals surface area contributed by atoms with Crippen LogP contribution in [0, 0.1) is 0 Å². The molecule has 50 heavy (non-hydrogen) atoms. The van der Waals surface area contributed by atoms with E-state index >= 15 is 0 Å². The van der Waals surface area contributed by atoms with Gasteiger partial charge in [-0.05, 0) is 58.9 Å². The van der Waals surface area contributed by atoms with Crippen LogP contribution < -0.4 is 0 Å². The minimum Gasteiger partial charge on any atom is -0.455 e. The first-order valence-electron chi connectivity index (χ1n) is 17.8. The van der Waals surface area contributed by atoms with Crippen LogP contribution in [0.1, 0.15) is 43.6 Å². The summed E-state index contributed by atoms with van der Waals surface area (Å²) in [5, 5.41) is 9.07. The minimum absolute atomic E-state index is 0.564. The molecule has 0 aliphatic heterocycles. The number of para-hydroxylation sites is 2. The summed E-state index contributed by atoms with van der Waals surface area (Å²) in [5.74, 6) is 0.564. The van der Waals surface area contributed by atoms with Gasteiger partial charge in [0, 0.05) is 38.1 Å². The molecule has 0 unspecified atom stereocenters. The van der Waals surface area contributed by atoms with Crippen molar-refractivity contribution in [3.05, 3.63) is 133 Å². The zero-order chi connectivity index (χ0) is 32.8. The molecule has 0 saturated heterocycles. The van der Waals surface area contributed by atoms with E-state index in [1.807, 2.05) is 6.20 Å². The van der Waals surface area contributed by atoms with Gasteiger partial charge >= 0.3 is 0 Å². The third-order valence-corrected chi connectivity index (χ3v) is 11.1. The van der Waals surface area contributed by atoms with E-state index in [1.165, 1.54) is 53.8 Å². The molecule has 4 heteroatoms. The van der Waals surface area contributed by atoms with Crippen LogP contribution in [0.15, 0.2) is 136 Å². The summed E-state index contributed by atoms with van der Waals surface area (Å²) in [7, 11) is 0. The third-order valence-electron chi connectivity index (χ3n) is 11.1. The third kappa shape index (κ3) is 4.05. The first kappa shape index (κ1) is 27.9. The van der Waals surface area contributed by atoms with Gasteiger partial charge in [0.1, 0.15) is 22.3 Å². The Morgan fingerprint density at radius 2 is 1.18 bits per heavy atom. The molecule has 0 spiro atoms. The molecule has 0 radical (unpaired) electrons. The summed E-state index contributed by atoms with van der Waals surface area (Å²) in [4.78, 5) is 10.3. The summed E-state index contributed by atoms with van der Waals surface area (Å²) in [5.41, 5.74) is 10.8. The van der Waals surface area contributed by atoms with Crippen LogP contribution in [0.2, 0.25) is 0 Å². The van der Waals surface area contributed by atoms with E-state index in [9.17, 15) is 0 Å². The molecule has 0 N–H and O–H groups in total. The van der Waals surface area contributed by atoms with Gasteiger partial charge in [-0.1, -0.05) is 122 Å². The number of aromatic nitrogens is 2. The summed E-state index contributed by atoms with van der Waals surface area (Å²) in [6, 6.07) is 42.9. The quantitative estimate of drug-likeness (QED) is 0.180. The fourth-order valence-electron chi connectivity index (χ4n) is 8.73. The fourth-order valence-corrected chi connectivity index (χ4v) is 8.73. The van der Waals surface area contributed by atoms with Crippen LogP contribution in [-0.4, -0.2) is 9.97 Å². The van der Waals surface area contributed by atoms with Crippen molar-refractivity contribution in [3.8, 4) is 22.4 Å². The molecule has 238 valence electrons. The van der Waals surface area contributed by atoms with Crippen LogP contribution in [0.3, 0.4) is 0 Å². The van der Waals surface area contributed by atoms with Gasteiger partial charge in [0.05, 0.1) is 28.3 Å². The van der Waals surface area contributed by atoms with Crippen molar-refractivity contribution in [1.82, 2.24) is 9.97 Å². The van der Waals surface area contributed by atoms with E-state index in [-0.39, 0.29) is 0 Å². The van der Waals surface area contributed by atoms with Crippen molar-refractivity contribution in [2.75, 3.05) is 0 Å². The van der Waals surface area contributed by atoms with Gasteiger partial charge in [0.25, 0.3) is 0 Å². The summed E-state index contributed by atoms with van der Waals surface area (Å²) >= 11 is 0. The maximum absolute atomic E-state index is 6.86. The lowest BCUT2D eigenvalue weighted by molar-refractivity contribution is 0.442. The molecule has 0 bridgehead atoms. The van der Waals surface area contributed by atoms with Crippen molar-refractivity contribution in [2.45, 2.75) is 38.0 Å². The Morgan fingerprint density at radius 1 is 0.500 bits per heavy atom. The molecule has 3 heterocycles. The normalized spacial score (nSPS) is 14.3. The Balaban J connectivity index is 1.07. The summed E-state index contributed by atoms with van der Waals surface area (Å²) < 4.78 is 13.5. The lowest BCUT2D eigenvalue weighted by atomic mass is 9.83. The summed E-state index contributed by atoms with van der Waals surface area (Å²) in [6.07, 6.45) is 8.31. The van der Waals surface area contributed by atoms with Crippen LogP contribution in [-0.2, 0) is 0 Å². The Hall–Kier alpha value is -6.00. The predicted molar refractivity (Wildman–Crippen MR) is 206 cm³/mol. The Kier molecular flexibility index (Phi) is 6.00. The molecule has 3 aromatic heterocycles. The zero-order valence-corrected chi connectivity index (χ0v) is 27.4. The smallest absolute Gasteiger partial charge is 0.147 e. The number of hydrogen-bond donors (Lipinski definition) is 0. The molecule has 0 atom stereocenters. The second kappa shape index (κ2) is 10.8. The van der Waals surface area contributed by atoms with Crippen molar-refractivity contribution < 1.29 is 8.83 Å². The Bertz CT molecular complexity index is 2940. The number of hydrogen-bond acceptors (Lipinski definition) is 4. The van der Waals surface area contributed by atoms with E-state index in [4.69, 9.17) is 18.8 Å². The van der Waals surface area contributed by atoms with Gasteiger partial charge in [-0.15, -0.1) is 0 Å². The van der Waals surface area contributed by atoms with E-state index in [1.54, 1.807) is 0 Å². The summed E-state index contributed by atoms with van der Waals surface area (Å²) in [6.45, 7) is 0. The second-order valence-electron chi connectivity index (χ2n) is 13.9. The molecule has 1 saturated carbocycles. The average molecular weight is 645 g/mol. The maximum Gasteiger partial charge on any atom is 0.147 e. The highest BCUT2D eigenvalue weighted by atomic mass is 16.3. The average Bonchev–Trinajstić information content (AvgIpc) is 3.77. The molecule has 7 aromatic carbocycles. The van der Waals surface area contributed by atoms with Gasteiger partial charge < -0.3 is 8.83 Å². The highest BCUT2D eigenvalue weighted by Gasteiger charge is 2.23. The van der Waals surface area contributed by atoms with E-state index < -0.39 is 0 Å². The maximum atomic E-state index is 6.86. The Labute approximate surface area is 288 Å². The molecule has 1 aliphatic carbocycles.